The molecular weight excluding hydrogens is 811 g/mol. The molecule has 5 aromatic rings. The summed E-state index contributed by atoms with van der Waals surface area (Å²) in [7, 11) is 2.53. The van der Waals surface area contributed by atoms with Crippen molar-refractivity contribution in [2.24, 2.45) is 17.8 Å². The number of ether oxygens (including phenoxy) is 2. The van der Waals surface area contributed by atoms with E-state index in [1.807, 2.05) is 56.9 Å². The van der Waals surface area contributed by atoms with Crippen LogP contribution in [0.5, 0.6) is 0 Å². The van der Waals surface area contributed by atoms with Gasteiger partial charge in [0.05, 0.1) is 49.2 Å². The molecule has 3 aromatic carbocycles. The van der Waals surface area contributed by atoms with E-state index in [0.717, 1.165) is 36.8 Å². The first-order valence-corrected chi connectivity index (χ1v) is 21.7. The van der Waals surface area contributed by atoms with Gasteiger partial charge in [-0.25, -0.2) is 19.6 Å². The average molecular weight is 863 g/mol. The molecule has 330 valence electrons. The number of carbonyl (C=O) groups is 4. The Labute approximate surface area is 363 Å². The molecule has 9 rings (SSSR count). The van der Waals surface area contributed by atoms with Gasteiger partial charge in [-0.3, -0.25) is 9.59 Å². The van der Waals surface area contributed by atoms with Gasteiger partial charge in [0, 0.05) is 29.3 Å². The maximum atomic E-state index is 16.6. The molecule has 0 radical (unpaired) electrons. The fraction of sp³-hybridized carbons (Fsp3) is 0.447. The predicted molar refractivity (Wildman–Crippen MR) is 230 cm³/mol. The summed E-state index contributed by atoms with van der Waals surface area (Å²) in [6.07, 6.45) is 4.39. The maximum Gasteiger partial charge on any atom is 0.407 e. The zero-order valence-electron chi connectivity index (χ0n) is 36.1. The van der Waals surface area contributed by atoms with Crippen LogP contribution in [0.15, 0.2) is 60.8 Å². The number of alkyl carbamates (subject to hydrolysis) is 2. The Morgan fingerprint density at radius 2 is 1.40 bits per heavy atom. The molecule has 2 aromatic heterocycles. The summed E-state index contributed by atoms with van der Waals surface area (Å²) in [4.78, 5) is 71.8. The first-order valence-electron chi connectivity index (χ1n) is 21.7. The Balaban J connectivity index is 0.952. The molecule has 2 bridgehead atoms. The monoisotopic (exact) mass is 862 g/mol. The molecule has 14 nitrogen and oxygen atoms in total. The Morgan fingerprint density at radius 1 is 0.778 bits per heavy atom. The van der Waals surface area contributed by atoms with Crippen molar-refractivity contribution in [3.8, 4) is 33.5 Å². The number of nitrogens with zero attached hydrogens (tertiary/aromatic N) is 4. The molecule has 3 fully saturated rings. The Hall–Kier alpha value is -6.32. The van der Waals surface area contributed by atoms with E-state index in [4.69, 9.17) is 14.5 Å². The van der Waals surface area contributed by atoms with Crippen LogP contribution in [-0.2, 0) is 25.0 Å². The molecule has 1 saturated carbocycles. The van der Waals surface area contributed by atoms with Crippen molar-refractivity contribution in [1.82, 2.24) is 40.4 Å². The Kier molecular flexibility index (Phi) is 10.7. The predicted octanol–water partition coefficient (Wildman–Crippen LogP) is 8.22. The standard InChI is InChI=1S/C47H52F2N8O6/c1-23(2)38(54-45(60)62-5)43(58)56-17-7-8-37(56)41-50-22-36(53-41)27-11-15-31-30-14-10-25(19-32(30)47(48,49)33(31)20-27)26-12-16-34-35(21-26)52-42(51-34)40-28-9-13-29(18-28)57(40)44(59)39(24(3)4)55-46(61)63-6/h10-12,14-16,19-24,28-29,37-40H,7-9,13,17-18H2,1-6H3,(H,50,53)(H,51,52)(H,54,60)(H,55,61)/t28-,29+,37-,38-,39-,40?/m0/s1. The van der Waals surface area contributed by atoms with Crippen molar-refractivity contribution in [2.75, 3.05) is 20.8 Å². The minimum atomic E-state index is -3.29. The second kappa shape index (κ2) is 16.1. The van der Waals surface area contributed by atoms with E-state index in [2.05, 4.69) is 25.6 Å². The SMILES string of the molecule is COC(=O)N[C@H](C(=O)N1CCC[C@H]1c1ncc(-c2ccc3c(c2)C(F)(F)c2cc(-c4ccc5nc(C6[C@H]7CC[C@H](C7)N6C(=O)[C@@H](NC(=O)OC)C(C)C)[nH]c5c4)ccc2-3)[nH]1)C(C)C. The number of methoxy groups -OCH3 is 2. The van der Waals surface area contributed by atoms with Gasteiger partial charge in [-0.15, -0.1) is 0 Å². The van der Waals surface area contributed by atoms with Crippen LogP contribution in [-0.4, -0.2) is 92.6 Å². The smallest absolute Gasteiger partial charge is 0.407 e. The lowest BCUT2D eigenvalue weighted by molar-refractivity contribution is -0.139. The summed E-state index contributed by atoms with van der Waals surface area (Å²) in [5, 5.41) is 5.38. The van der Waals surface area contributed by atoms with Crippen LogP contribution in [0, 0.1) is 17.8 Å². The van der Waals surface area contributed by atoms with Crippen LogP contribution in [0.25, 0.3) is 44.5 Å². The summed E-state index contributed by atoms with van der Waals surface area (Å²) >= 11 is 0. The highest BCUT2D eigenvalue weighted by molar-refractivity contribution is 5.89. The fourth-order valence-corrected chi connectivity index (χ4v) is 10.3. The highest BCUT2D eigenvalue weighted by Gasteiger charge is 2.52. The van der Waals surface area contributed by atoms with E-state index in [0.29, 0.717) is 58.1 Å². The van der Waals surface area contributed by atoms with Gasteiger partial charge >= 0.3 is 12.2 Å². The molecule has 4 amide bonds. The van der Waals surface area contributed by atoms with Crippen molar-refractivity contribution in [2.45, 2.75) is 95.9 Å². The van der Waals surface area contributed by atoms with E-state index in [9.17, 15) is 19.2 Å². The lowest BCUT2D eigenvalue weighted by Crippen LogP contribution is -2.54. The second-order valence-electron chi connectivity index (χ2n) is 18.0. The number of nitrogens with one attached hydrogen (secondary N) is 4. The lowest BCUT2D eigenvalue weighted by Gasteiger charge is -2.37. The number of aromatic nitrogens is 4. The molecule has 16 heteroatoms. The molecule has 4 heterocycles. The molecule has 4 N–H and O–H groups in total. The molecule has 1 unspecified atom stereocenters. The summed E-state index contributed by atoms with van der Waals surface area (Å²) in [5.41, 5.74) is 4.62. The summed E-state index contributed by atoms with van der Waals surface area (Å²) in [6.45, 7) is 7.98. The highest BCUT2D eigenvalue weighted by atomic mass is 19.3. The van der Waals surface area contributed by atoms with Crippen molar-refractivity contribution in [3.63, 3.8) is 0 Å². The first kappa shape index (κ1) is 42.0. The number of alkyl halides is 2. The number of fused-ring (bicyclic) bond motifs is 6. The third kappa shape index (κ3) is 7.26. The van der Waals surface area contributed by atoms with Gasteiger partial charge in [-0.2, -0.15) is 8.78 Å². The van der Waals surface area contributed by atoms with E-state index >= 15 is 8.78 Å². The zero-order chi connectivity index (χ0) is 44.5. The van der Waals surface area contributed by atoms with Gasteiger partial charge in [0.2, 0.25) is 11.8 Å². The molecule has 2 saturated heterocycles. The highest BCUT2D eigenvalue weighted by Crippen LogP contribution is 2.53. The van der Waals surface area contributed by atoms with Crippen LogP contribution in [0.2, 0.25) is 0 Å². The van der Waals surface area contributed by atoms with Gasteiger partial charge in [-0.05, 0) is 96.4 Å². The summed E-state index contributed by atoms with van der Waals surface area (Å²) in [6, 6.07) is 13.7. The van der Waals surface area contributed by atoms with E-state index in [-0.39, 0.29) is 58.8 Å². The molecule has 63 heavy (non-hydrogen) atoms. The summed E-state index contributed by atoms with van der Waals surface area (Å²) < 4.78 is 42.7. The Bertz CT molecular complexity index is 2620. The number of likely N-dealkylation sites (tertiary alicyclic amines) is 2. The number of hydrogen-bond donors (Lipinski definition) is 4. The number of piperidine rings is 1. The average Bonchev–Trinajstić information content (AvgIpc) is 4.15. The van der Waals surface area contributed by atoms with Crippen molar-refractivity contribution < 1.29 is 37.4 Å². The molecule has 4 aliphatic rings. The Morgan fingerprint density at radius 3 is 2.06 bits per heavy atom. The van der Waals surface area contributed by atoms with Gasteiger partial charge < -0.3 is 39.9 Å². The maximum absolute atomic E-state index is 16.6. The van der Waals surface area contributed by atoms with Gasteiger partial charge in [0.25, 0.3) is 5.92 Å². The number of halogens is 2. The third-order valence-electron chi connectivity index (χ3n) is 13.5. The van der Waals surface area contributed by atoms with E-state index in [1.54, 1.807) is 35.4 Å². The molecule has 2 aliphatic heterocycles. The minimum Gasteiger partial charge on any atom is -0.453 e. The van der Waals surface area contributed by atoms with Gasteiger partial charge in [-0.1, -0.05) is 58.0 Å². The molecular formula is C47H52F2N8O6. The van der Waals surface area contributed by atoms with Crippen molar-refractivity contribution >= 4 is 35.0 Å². The molecule has 6 atom stereocenters. The van der Waals surface area contributed by atoms with Crippen molar-refractivity contribution in [3.05, 3.63) is 83.6 Å². The topological polar surface area (TPSA) is 175 Å². The van der Waals surface area contributed by atoms with E-state index in [1.165, 1.54) is 20.3 Å². The second-order valence-corrected chi connectivity index (χ2v) is 18.0. The molecule has 2 aliphatic carbocycles. The normalized spacial score (nSPS) is 21.7. The van der Waals surface area contributed by atoms with Crippen molar-refractivity contribution in [1.29, 1.82) is 0 Å². The van der Waals surface area contributed by atoms with Crippen LogP contribution in [0.1, 0.15) is 94.7 Å². The largest absolute Gasteiger partial charge is 0.453 e. The van der Waals surface area contributed by atoms with Crippen LogP contribution in [0.3, 0.4) is 0 Å². The fourth-order valence-electron chi connectivity index (χ4n) is 10.3. The number of amides is 4. The number of hydrogen-bond acceptors (Lipinski definition) is 8. The van der Waals surface area contributed by atoms with Gasteiger partial charge in [0.1, 0.15) is 23.7 Å². The molecule has 0 spiro atoms. The quantitative estimate of drug-likeness (QED) is 0.109. The third-order valence-corrected chi connectivity index (χ3v) is 13.5. The summed E-state index contributed by atoms with van der Waals surface area (Å²) in [5.74, 6) is -2.59. The number of H-pyrrole nitrogens is 2. The van der Waals surface area contributed by atoms with Crippen LogP contribution in [0.4, 0.5) is 18.4 Å². The number of rotatable bonds is 10. The lowest BCUT2D eigenvalue weighted by atomic mass is 9.95. The van der Waals surface area contributed by atoms with Crippen LogP contribution < -0.4 is 10.6 Å². The van der Waals surface area contributed by atoms with E-state index < -0.39 is 30.2 Å². The number of benzene rings is 3. The van der Waals surface area contributed by atoms with Crippen LogP contribution >= 0.6 is 0 Å². The number of carbonyl (C=O) groups excluding carboxylic acids is 4. The zero-order valence-corrected chi connectivity index (χ0v) is 36.1. The number of aromatic amines is 2. The number of imidazole rings is 2. The van der Waals surface area contributed by atoms with Gasteiger partial charge in [0.15, 0.2) is 0 Å². The minimum absolute atomic E-state index is 0.0456. The first-order chi connectivity index (χ1) is 30.2.